The Hall–Kier alpha value is -1.77. The largest absolute Gasteiger partial charge is 0.416 e. The van der Waals surface area contributed by atoms with E-state index in [9.17, 15) is 13.2 Å². The van der Waals surface area contributed by atoms with Crippen LogP contribution in [0.4, 0.5) is 30.6 Å². The quantitative estimate of drug-likeness (QED) is 0.586. The molecule has 2 aromatic rings. The monoisotopic (exact) mass is 337 g/mol. The number of nitrogens with one attached hydrogen (secondary N) is 2. The van der Waals surface area contributed by atoms with E-state index in [4.69, 9.17) is 29.0 Å². The van der Waals surface area contributed by atoms with Gasteiger partial charge in [0.15, 0.2) is 5.82 Å². The molecule has 0 saturated carbocycles. The molecule has 0 bridgehead atoms. The van der Waals surface area contributed by atoms with Crippen molar-refractivity contribution in [2.75, 3.05) is 10.7 Å². The number of nitrogens with zero attached hydrogens (tertiary/aromatic N) is 2. The van der Waals surface area contributed by atoms with Crippen molar-refractivity contribution in [3.05, 3.63) is 40.0 Å². The van der Waals surface area contributed by atoms with E-state index in [0.29, 0.717) is 0 Å². The third kappa shape index (κ3) is 3.66. The Kier molecular flexibility index (Phi) is 4.40. The van der Waals surface area contributed by atoms with Crippen molar-refractivity contribution in [2.24, 2.45) is 5.84 Å². The number of benzene rings is 1. The maximum absolute atomic E-state index is 12.5. The van der Waals surface area contributed by atoms with Gasteiger partial charge in [-0.05, 0) is 18.2 Å². The first kappa shape index (κ1) is 15.6. The SMILES string of the molecule is NNc1ncc(Cl)c(Nc2ccc(C(F)(F)F)cc2Cl)n1. The normalized spacial score (nSPS) is 11.3. The van der Waals surface area contributed by atoms with E-state index in [1.165, 1.54) is 12.3 Å². The number of hydrogen-bond acceptors (Lipinski definition) is 5. The van der Waals surface area contributed by atoms with Gasteiger partial charge in [0.05, 0.1) is 22.5 Å². The minimum atomic E-state index is -4.47. The van der Waals surface area contributed by atoms with Crippen molar-refractivity contribution in [3.8, 4) is 0 Å². The summed E-state index contributed by atoms with van der Waals surface area (Å²) in [6.45, 7) is 0. The maximum atomic E-state index is 12.5. The summed E-state index contributed by atoms with van der Waals surface area (Å²) in [5, 5.41) is 2.75. The molecule has 1 heterocycles. The van der Waals surface area contributed by atoms with Crippen molar-refractivity contribution in [3.63, 3.8) is 0 Å². The second-order valence-electron chi connectivity index (χ2n) is 3.85. The Balaban J connectivity index is 2.32. The van der Waals surface area contributed by atoms with E-state index in [1.807, 2.05) is 0 Å². The van der Waals surface area contributed by atoms with Gasteiger partial charge in [0.1, 0.15) is 5.02 Å². The van der Waals surface area contributed by atoms with Crippen LogP contribution in [0.2, 0.25) is 10.0 Å². The van der Waals surface area contributed by atoms with Gasteiger partial charge in [-0.3, -0.25) is 5.43 Å². The third-order valence-corrected chi connectivity index (χ3v) is 3.01. The molecule has 0 aliphatic rings. The lowest BCUT2D eigenvalue weighted by atomic mass is 10.2. The lowest BCUT2D eigenvalue weighted by Gasteiger charge is -2.12. The van der Waals surface area contributed by atoms with E-state index < -0.39 is 11.7 Å². The Morgan fingerprint density at radius 3 is 2.43 bits per heavy atom. The second kappa shape index (κ2) is 5.92. The van der Waals surface area contributed by atoms with Gasteiger partial charge < -0.3 is 5.32 Å². The lowest BCUT2D eigenvalue weighted by molar-refractivity contribution is -0.137. The molecule has 4 N–H and O–H groups in total. The van der Waals surface area contributed by atoms with Gasteiger partial charge in [-0.15, -0.1) is 0 Å². The molecular formula is C11H8Cl2F3N5. The highest BCUT2D eigenvalue weighted by Crippen LogP contribution is 2.35. The van der Waals surface area contributed by atoms with Crippen LogP contribution in [-0.2, 0) is 6.18 Å². The molecule has 21 heavy (non-hydrogen) atoms. The fourth-order valence-electron chi connectivity index (χ4n) is 1.44. The first-order chi connectivity index (χ1) is 9.81. The molecule has 1 aromatic heterocycles. The van der Waals surface area contributed by atoms with Crippen molar-refractivity contribution in [2.45, 2.75) is 6.18 Å². The Bertz CT molecular complexity index is 663. The smallest absolute Gasteiger partial charge is 0.338 e. The number of rotatable bonds is 3. The Morgan fingerprint density at radius 2 is 1.86 bits per heavy atom. The van der Waals surface area contributed by atoms with Crippen molar-refractivity contribution >= 4 is 40.7 Å². The molecule has 0 aliphatic carbocycles. The molecule has 0 radical (unpaired) electrons. The van der Waals surface area contributed by atoms with Crippen LogP contribution < -0.4 is 16.6 Å². The van der Waals surface area contributed by atoms with Gasteiger partial charge in [-0.2, -0.15) is 18.2 Å². The third-order valence-electron chi connectivity index (χ3n) is 2.42. The van der Waals surface area contributed by atoms with Gasteiger partial charge in [-0.25, -0.2) is 10.8 Å². The number of anilines is 3. The van der Waals surface area contributed by atoms with Crippen molar-refractivity contribution < 1.29 is 13.2 Å². The molecule has 0 aliphatic heterocycles. The summed E-state index contributed by atoms with van der Waals surface area (Å²) in [6, 6.07) is 2.88. The summed E-state index contributed by atoms with van der Waals surface area (Å²) < 4.78 is 37.6. The summed E-state index contributed by atoms with van der Waals surface area (Å²) in [4.78, 5) is 7.69. The molecular weight excluding hydrogens is 330 g/mol. The maximum Gasteiger partial charge on any atom is 0.416 e. The minimum absolute atomic E-state index is 0.0879. The molecule has 0 unspecified atom stereocenters. The predicted molar refractivity (Wildman–Crippen MR) is 74.6 cm³/mol. The fraction of sp³-hybridized carbons (Fsp3) is 0.0909. The van der Waals surface area contributed by atoms with Gasteiger partial charge in [0.25, 0.3) is 0 Å². The molecule has 2 rings (SSSR count). The van der Waals surface area contributed by atoms with Gasteiger partial charge in [0.2, 0.25) is 5.95 Å². The van der Waals surface area contributed by atoms with E-state index >= 15 is 0 Å². The predicted octanol–water partition coefficient (Wildman–Crippen LogP) is 3.83. The molecule has 112 valence electrons. The van der Waals surface area contributed by atoms with E-state index in [1.54, 1.807) is 0 Å². The standard InChI is InChI=1S/C11H8Cl2F3N5/c12-6-3-5(11(14,15)16)1-2-8(6)19-9-7(13)4-18-10(20-9)21-17/h1-4H,17H2,(H2,18,19,20,21). The number of hydrazine groups is 1. The van der Waals surface area contributed by atoms with Gasteiger partial charge in [-0.1, -0.05) is 23.2 Å². The summed E-state index contributed by atoms with van der Waals surface area (Å²) in [5.41, 5.74) is 1.59. The lowest BCUT2D eigenvalue weighted by Crippen LogP contribution is -2.11. The molecule has 0 atom stereocenters. The van der Waals surface area contributed by atoms with E-state index in [2.05, 4.69) is 20.7 Å². The van der Waals surface area contributed by atoms with E-state index in [-0.39, 0.29) is 27.5 Å². The average Bonchev–Trinajstić information content (AvgIpc) is 2.42. The first-order valence-electron chi connectivity index (χ1n) is 5.44. The number of nitrogen functional groups attached to an aromatic ring is 1. The number of halogens is 5. The van der Waals surface area contributed by atoms with Crippen LogP contribution in [0, 0.1) is 0 Å². The zero-order chi connectivity index (χ0) is 15.6. The van der Waals surface area contributed by atoms with Gasteiger partial charge >= 0.3 is 6.18 Å². The van der Waals surface area contributed by atoms with Crippen LogP contribution in [0.1, 0.15) is 5.56 Å². The molecule has 0 fully saturated rings. The highest BCUT2D eigenvalue weighted by molar-refractivity contribution is 6.34. The minimum Gasteiger partial charge on any atom is -0.338 e. The highest BCUT2D eigenvalue weighted by atomic mass is 35.5. The summed E-state index contributed by atoms with van der Waals surface area (Å²) in [5.74, 6) is 5.40. The molecule has 0 amide bonds. The van der Waals surface area contributed by atoms with Crippen molar-refractivity contribution in [1.29, 1.82) is 0 Å². The number of alkyl halides is 3. The molecule has 10 heteroatoms. The summed E-state index contributed by atoms with van der Waals surface area (Å²) in [6.07, 6.45) is -3.19. The number of hydrogen-bond donors (Lipinski definition) is 3. The molecule has 5 nitrogen and oxygen atoms in total. The number of aromatic nitrogens is 2. The van der Waals surface area contributed by atoms with E-state index in [0.717, 1.165) is 12.1 Å². The Labute approximate surface area is 127 Å². The zero-order valence-corrected chi connectivity index (χ0v) is 11.7. The van der Waals surface area contributed by atoms with Gasteiger partial charge in [0, 0.05) is 0 Å². The van der Waals surface area contributed by atoms with Crippen LogP contribution >= 0.6 is 23.2 Å². The fourth-order valence-corrected chi connectivity index (χ4v) is 1.81. The summed E-state index contributed by atoms with van der Waals surface area (Å²) in [7, 11) is 0. The average molecular weight is 338 g/mol. The summed E-state index contributed by atoms with van der Waals surface area (Å²) >= 11 is 11.7. The van der Waals surface area contributed by atoms with Crippen LogP contribution in [0.3, 0.4) is 0 Å². The topological polar surface area (TPSA) is 75.9 Å². The first-order valence-corrected chi connectivity index (χ1v) is 6.20. The highest BCUT2D eigenvalue weighted by Gasteiger charge is 2.30. The number of nitrogens with two attached hydrogens (primary N) is 1. The van der Waals surface area contributed by atoms with Crippen LogP contribution in [0.15, 0.2) is 24.4 Å². The van der Waals surface area contributed by atoms with Crippen LogP contribution in [-0.4, -0.2) is 9.97 Å². The molecule has 1 aromatic carbocycles. The van der Waals surface area contributed by atoms with Crippen molar-refractivity contribution in [1.82, 2.24) is 9.97 Å². The van der Waals surface area contributed by atoms with Crippen LogP contribution in [0.25, 0.3) is 0 Å². The zero-order valence-electron chi connectivity index (χ0n) is 10.2. The second-order valence-corrected chi connectivity index (χ2v) is 4.67. The molecule has 0 spiro atoms. The Morgan fingerprint density at radius 1 is 1.14 bits per heavy atom. The van der Waals surface area contributed by atoms with Crippen LogP contribution in [0.5, 0.6) is 0 Å². The molecule has 0 saturated heterocycles.